The van der Waals surface area contributed by atoms with Crippen LogP contribution in [0.4, 0.5) is 11.4 Å². The van der Waals surface area contributed by atoms with Gasteiger partial charge in [0.1, 0.15) is 0 Å². The predicted molar refractivity (Wildman–Crippen MR) is 65.5 cm³/mol. The average molecular weight is 236 g/mol. The summed E-state index contributed by atoms with van der Waals surface area (Å²) in [7, 11) is 0. The van der Waals surface area contributed by atoms with E-state index in [-0.39, 0.29) is 16.0 Å². The monoisotopic (exact) mass is 236 g/mol. The van der Waals surface area contributed by atoms with Crippen LogP contribution in [0.2, 0.25) is 0 Å². The van der Waals surface area contributed by atoms with Crippen LogP contribution in [0.3, 0.4) is 0 Å². The summed E-state index contributed by atoms with van der Waals surface area (Å²) in [5, 5.41) is 14.0. The molecule has 0 bridgehead atoms. The SMILES string of the molecule is CCC(C)(C)c1cc2c(c([N+](=O)[O-])c1)OCN2. The minimum absolute atomic E-state index is 0.0454. The highest BCUT2D eigenvalue weighted by atomic mass is 16.6. The largest absolute Gasteiger partial charge is 0.464 e. The van der Waals surface area contributed by atoms with Crippen molar-refractivity contribution < 1.29 is 9.66 Å². The Balaban J connectivity index is 2.58. The number of hydrogen-bond acceptors (Lipinski definition) is 4. The fourth-order valence-corrected chi connectivity index (χ4v) is 1.81. The number of nitrogens with zero attached hydrogens (tertiary/aromatic N) is 1. The lowest BCUT2D eigenvalue weighted by atomic mass is 9.82. The summed E-state index contributed by atoms with van der Waals surface area (Å²) in [5.41, 5.74) is 1.65. The zero-order chi connectivity index (χ0) is 12.6. The van der Waals surface area contributed by atoms with Gasteiger partial charge in [-0.3, -0.25) is 10.1 Å². The molecule has 0 aromatic heterocycles. The molecular formula is C12H16N2O3. The second-order valence-electron chi connectivity index (χ2n) is 4.83. The summed E-state index contributed by atoms with van der Waals surface area (Å²) >= 11 is 0. The number of nitro groups is 1. The highest BCUT2D eigenvalue weighted by Gasteiger charge is 2.29. The normalized spacial score (nSPS) is 13.8. The Morgan fingerprint density at radius 1 is 1.53 bits per heavy atom. The maximum atomic E-state index is 11.0. The Kier molecular flexibility index (Phi) is 2.69. The molecule has 1 aromatic rings. The van der Waals surface area contributed by atoms with Gasteiger partial charge in [-0.25, -0.2) is 0 Å². The van der Waals surface area contributed by atoms with Gasteiger partial charge in [0.25, 0.3) is 0 Å². The summed E-state index contributed by atoms with van der Waals surface area (Å²) in [6.45, 7) is 6.53. The van der Waals surface area contributed by atoms with Crippen LogP contribution in [0.25, 0.3) is 0 Å². The summed E-state index contributed by atoms with van der Waals surface area (Å²) in [5.74, 6) is 0.352. The van der Waals surface area contributed by atoms with E-state index in [1.165, 1.54) is 0 Å². The van der Waals surface area contributed by atoms with Crippen molar-refractivity contribution in [1.29, 1.82) is 0 Å². The van der Waals surface area contributed by atoms with E-state index in [1.807, 2.05) is 6.07 Å². The molecule has 17 heavy (non-hydrogen) atoms. The molecule has 1 heterocycles. The Morgan fingerprint density at radius 2 is 2.24 bits per heavy atom. The van der Waals surface area contributed by atoms with Crippen molar-refractivity contribution >= 4 is 11.4 Å². The van der Waals surface area contributed by atoms with Crippen molar-refractivity contribution in [3.63, 3.8) is 0 Å². The topological polar surface area (TPSA) is 64.4 Å². The lowest BCUT2D eigenvalue weighted by Gasteiger charge is -2.23. The molecule has 0 saturated heterocycles. The van der Waals surface area contributed by atoms with Gasteiger partial charge in [0.05, 0.1) is 10.6 Å². The molecule has 1 aromatic carbocycles. The molecule has 0 spiro atoms. The number of rotatable bonds is 3. The van der Waals surface area contributed by atoms with Gasteiger partial charge < -0.3 is 10.1 Å². The van der Waals surface area contributed by atoms with Crippen LogP contribution in [0.15, 0.2) is 12.1 Å². The molecule has 0 unspecified atom stereocenters. The summed E-state index contributed by atoms with van der Waals surface area (Å²) in [6.07, 6.45) is 0.920. The van der Waals surface area contributed by atoms with Gasteiger partial charge in [0.2, 0.25) is 5.75 Å². The van der Waals surface area contributed by atoms with E-state index in [2.05, 4.69) is 26.1 Å². The van der Waals surface area contributed by atoms with E-state index < -0.39 is 0 Å². The molecule has 92 valence electrons. The van der Waals surface area contributed by atoms with E-state index >= 15 is 0 Å². The van der Waals surface area contributed by atoms with Crippen LogP contribution in [0.5, 0.6) is 5.75 Å². The zero-order valence-electron chi connectivity index (χ0n) is 10.2. The lowest BCUT2D eigenvalue weighted by molar-refractivity contribution is -0.385. The van der Waals surface area contributed by atoms with E-state index in [1.54, 1.807) is 6.07 Å². The van der Waals surface area contributed by atoms with Crippen LogP contribution in [-0.4, -0.2) is 11.7 Å². The summed E-state index contributed by atoms with van der Waals surface area (Å²) in [6, 6.07) is 3.56. The second kappa shape index (κ2) is 3.91. The minimum atomic E-state index is -0.388. The number of nitrogens with one attached hydrogen (secondary N) is 1. The van der Waals surface area contributed by atoms with Gasteiger partial charge in [0, 0.05) is 6.07 Å². The van der Waals surface area contributed by atoms with Crippen molar-refractivity contribution in [3.8, 4) is 5.75 Å². The number of benzene rings is 1. The molecule has 2 rings (SSSR count). The Morgan fingerprint density at radius 3 is 2.82 bits per heavy atom. The van der Waals surface area contributed by atoms with E-state index in [0.29, 0.717) is 12.5 Å². The van der Waals surface area contributed by atoms with Crippen molar-refractivity contribution in [2.75, 3.05) is 12.0 Å². The van der Waals surface area contributed by atoms with Crippen LogP contribution < -0.4 is 10.1 Å². The summed E-state index contributed by atoms with van der Waals surface area (Å²) in [4.78, 5) is 10.6. The van der Waals surface area contributed by atoms with Crippen LogP contribution in [0, 0.1) is 10.1 Å². The van der Waals surface area contributed by atoms with E-state index in [4.69, 9.17) is 4.74 Å². The number of ether oxygens (including phenoxy) is 1. The fraction of sp³-hybridized carbons (Fsp3) is 0.500. The van der Waals surface area contributed by atoms with Crippen molar-refractivity contribution in [1.82, 2.24) is 0 Å². The summed E-state index contributed by atoms with van der Waals surface area (Å²) < 4.78 is 5.24. The Bertz CT molecular complexity index is 469. The molecule has 0 fully saturated rings. The number of anilines is 1. The van der Waals surface area contributed by atoms with Crippen LogP contribution in [-0.2, 0) is 5.41 Å². The molecule has 1 aliphatic heterocycles. The molecule has 0 radical (unpaired) electrons. The lowest BCUT2D eigenvalue weighted by Crippen LogP contribution is -2.15. The van der Waals surface area contributed by atoms with Crippen LogP contribution >= 0.6 is 0 Å². The first-order chi connectivity index (χ1) is 7.95. The van der Waals surface area contributed by atoms with Crippen molar-refractivity contribution in [2.45, 2.75) is 32.6 Å². The number of hydrogen-bond donors (Lipinski definition) is 1. The van der Waals surface area contributed by atoms with Gasteiger partial charge >= 0.3 is 5.69 Å². The Hall–Kier alpha value is -1.78. The molecule has 0 amide bonds. The second-order valence-corrected chi connectivity index (χ2v) is 4.83. The van der Waals surface area contributed by atoms with Gasteiger partial charge in [-0.1, -0.05) is 20.8 Å². The maximum Gasteiger partial charge on any atom is 0.313 e. The zero-order valence-corrected chi connectivity index (χ0v) is 10.2. The molecular weight excluding hydrogens is 220 g/mol. The number of fused-ring (bicyclic) bond motifs is 1. The third-order valence-electron chi connectivity index (χ3n) is 3.41. The highest BCUT2D eigenvalue weighted by Crippen LogP contribution is 2.42. The third kappa shape index (κ3) is 1.92. The first kappa shape index (κ1) is 11.7. The molecule has 5 heteroatoms. The molecule has 0 atom stereocenters. The van der Waals surface area contributed by atoms with Gasteiger partial charge in [-0.15, -0.1) is 0 Å². The standard InChI is InChI=1S/C12H16N2O3/c1-4-12(2,3)8-5-9-11(17-7-13-9)10(6-8)14(15)16/h5-6,13H,4,7H2,1-3H3. The third-order valence-corrected chi connectivity index (χ3v) is 3.41. The highest BCUT2D eigenvalue weighted by molar-refractivity contribution is 5.70. The first-order valence-corrected chi connectivity index (χ1v) is 5.65. The van der Waals surface area contributed by atoms with Crippen molar-refractivity contribution in [3.05, 3.63) is 27.8 Å². The number of nitro benzene ring substituents is 1. The molecule has 5 nitrogen and oxygen atoms in total. The predicted octanol–water partition coefficient (Wildman–Crippen LogP) is 3.04. The van der Waals surface area contributed by atoms with Crippen LogP contribution in [0.1, 0.15) is 32.8 Å². The van der Waals surface area contributed by atoms with Gasteiger partial charge in [0.15, 0.2) is 6.73 Å². The van der Waals surface area contributed by atoms with E-state index in [0.717, 1.165) is 17.7 Å². The van der Waals surface area contributed by atoms with Gasteiger partial charge in [-0.05, 0) is 23.5 Å². The Labute approximate surface area is 99.9 Å². The maximum absolute atomic E-state index is 11.0. The molecule has 1 aliphatic rings. The minimum Gasteiger partial charge on any atom is -0.464 e. The molecule has 0 aliphatic carbocycles. The van der Waals surface area contributed by atoms with Crippen molar-refractivity contribution in [2.24, 2.45) is 0 Å². The molecule has 1 N–H and O–H groups in total. The smallest absolute Gasteiger partial charge is 0.313 e. The van der Waals surface area contributed by atoms with E-state index in [9.17, 15) is 10.1 Å². The molecule has 0 saturated carbocycles. The first-order valence-electron chi connectivity index (χ1n) is 5.65. The van der Waals surface area contributed by atoms with Gasteiger partial charge in [-0.2, -0.15) is 0 Å². The quantitative estimate of drug-likeness (QED) is 0.647. The fourth-order valence-electron chi connectivity index (χ4n) is 1.81. The average Bonchev–Trinajstić information content (AvgIpc) is 2.75.